The highest BCUT2D eigenvalue weighted by Gasteiger charge is 2.25. The number of hydrogen-bond acceptors (Lipinski definition) is 6. The summed E-state index contributed by atoms with van der Waals surface area (Å²) in [7, 11) is 1.69. The Bertz CT molecular complexity index is 863. The lowest BCUT2D eigenvalue weighted by molar-refractivity contribution is -0.870. The van der Waals surface area contributed by atoms with Crippen molar-refractivity contribution in [1.29, 1.82) is 0 Å². The van der Waals surface area contributed by atoms with Gasteiger partial charge in [0.15, 0.2) is 6.10 Å². The molecule has 0 bridgehead atoms. The van der Waals surface area contributed by atoms with Crippen LogP contribution in [0.15, 0.2) is 12.3 Å². The third-order valence-electron chi connectivity index (χ3n) is 9.95. The smallest absolute Gasteiger partial charge is 0.472 e. The monoisotopic (exact) mass is 775 g/mol. The van der Waals surface area contributed by atoms with Crippen molar-refractivity contribution >= 4 is 13.8 Å². The van der Waals surface area contributed by atoms with Gasteiger partial charge in [-0.3, -0.25) is 13.8 Å². The number of quaternary nitrogens is 1. The second kappa shape index (κ2) is 38.0. The first-order valence-electron chi connectivity index (χ1n) is 22.5. The van der Waals surface area contributed by atoms with Gasteiger partial charge in [0.1, 0.15) is 19.8 Å². The molecule has 0 rings (SSSR count). The van der Waals surface area contributed by atoms with Gasteiger partial charge in [-0.2, -0.15) is 0 Å². The van der Waals surface area contributed by atoms with Gasteiger partial charge < -0.3 is 18.9 Å². The fourth-order valence-corrected chi connectivity index (χ4v) is 7.10. The summed E-state index contributed by atoms with van der Waals surface area (Å²) in [6, 6.07) is 0. The van der Waals surface area contributed by atoms with Crippen LogP contribution in [0, 0.1) is 0 Å². The number of esters is 1. The highest BCUT2D eigenvalue weighted by Crippen LogP contribution is 2.43. The largest absolute Gasteiger partial charge is 0.492 e. The fourth-order valence-electron chi connectivity index (χ4n) is 6.36. The van der Waals surface area contributed by atoms with E-state index in [4.69, 9.17) is 18.5 Å². The molecule has 0 heterocycles. The molecule has 53 heavy (non-hydrogen) atoms. The van der Waals surface area contributed by atoms with Gasteiger partial charge in [0.25, 0.3) is 0 Å². The Morgan fingerprint density at radius 1 is 0.585 bits per heavy atom. The number of nitrogens with zero attached hydrogens (tertiary/aromatic N) is 1. The first-order chi connectivity index (χ1) is 25.6. The Morgan fingerprint density at radius 2 is 0.981 bits per heavy atom. The normalized spacial score (nSPS) is 13.8. The second-order valence-electron chi connectivity index (χ2n) is 16.5. The summed E-state index contributed by atoms with van der Waals surface area (Å²) in [4.78, 5) is 22.7. The van der Waals surface area contributed by atoms with Gasteiger partial charge >= 0.3 is 13.8 Å². The predicted octanol–water partition coefficient (Wildman–Crippen LogP) is 13.4. The molecule has 2 atom stereocenters. The van der Waals surface area contributed by atoms with E-state index in [0.29, 0.717) is 17.4 Å². The van der Waals surface area contributed by atoms with Crippen molar-refractivity contribution in [2.75, 3.05) is 47.5 Å². The van der Waals surface area contributed by atoms with E-state index < -0.39 is 13.9 Å². The molecule has 0 aliphatic heterocycles. The highest BCUT2D eigenvalue weighted by molar-refractivity contribution is 7.47. The zero-order valence-electron chi connectivity index (χ0n) is 35.8. The van der Waals surface area contributed by atoms with E-state index in [1.165, 1.54) is 161 Å². The molecule has 0 radical (unpaired) electrons. The van der Waals surface area contributed by atoms with Crippen LogP contribution in [0.5, 0.6) is 0 Å². The molecule has 9 heteroatoms. The lowest BCUT2D eigenvalue weighted by Gasteiger charge is -2.24. The average Bonchev–Trinajstić information content (AvgIpc) is 3.11. The number of hydrogen-bond donors (Lipinski definition) is 1. The SMILES string of the molecule is CCCCCCCCCCCCCC/C=C\OC(COC(=O)CCCCCCCCCCCCCCCCCCC)COP(=O)(O)OCC[N+](C)(C)C. The van der Waals surface area contributed by atoms with Crippen LogP contribution in [0.4, 0.5) is 0 Å². The molecule has 0 saturated carbocycles. The van der Waals surface area contributed by atoms with E-state index >= 15 is 0 Å². The molecule has 8 nitrogen and oxygen atoms in total. The van der Waals surface area contributed by atoms with E-state index in [1.807, 2.05) is 27.2 Å². The zero-order valence-corrected chi connectivity index (χ0v) is 36.7. The Hall–Kier alpha value is -0.920. The van der Waals surface area contributed by atoms with Crippen LogP contribution < -0.4 is 0 Å². The lowest BCUT2D eigenvalue weighted by atomic mass is 10.0. The topological polar surface area (TPSA) is 91.3 Å². The van der Waals surface area contributed by atoms with Crippen molar-refractivity contribution < 1.29 is 37.3 Å². The number of allylic oxidation sites excluding steroid dienone is 1. The Labute approximate surface area is 329 Å². The fraction of sp³-hybridized carbons (Fsp3) is 0.932. The minimum Gasteiger partial charge on any atom is -0.492 e. The van der Waals surface area contributed by atoms with E-state index in [2.05, 4.69) is 13.8 Å². The Balaban J connectivity index is 4.21. The summed E-state index contributed by atoms with van der Waals surface area (Å²) in [5.41, 5.74) is 0. The van der Waals surface area contributed by atoms with Crippen molar-refractivity contribution in [3.63, 3.8) is 0 Å². The molecular formula is C44H89NO7P+. The molecule has 0 amide bonds. The van der Waals surface area contributed by atoms with Crippen molar-refractivity contribution in [2.24, 2.45) is 0 Å². The standard InChI is InChI=1S/C44H88NO7P/c1-6-8-10-12-14-16-18-20-22-23-24-25-27-29-31-33-35-37-44(46)50-41-43(42-52-53(47,48)51-40-38-45(3,4)5)49-39-36-34-32-30-28-26-21-19-17-15-13-11-9-7-2/h36,39,43H,6-35,37-38,40-42H2,1-5H3/p+1/b39-36-. The predicted molar refractivity (Wildman–Crippen MR) is 224 cm³/mol. The van der Waals surface area contributed by atoms with Crippen LogP contribution in [0.2, 0.25) is 0 Å². The third-order valence-corrected chi connectivity index (χ3v) is 10.9. The maximum absolute atomic E-state index is 12.5. The minimum atomic E-state index is -4.26. The average molecular weight is 775 g/mol. The molecule has 0 aliphatic rings. The molecule has 0 aromatic rings. The molecule has 2 unspecified atom stereocenters. The molecule has 316 valence electrons. The van der Waals surface area contributed by atoms with Crippen molar-refractivity contribution in [1.82, 2.24) is 0 Å². The highest BCUT2D eigenvalue weighted by atomic mass is 31.2. The number of rotatable bonds is 42. The maximum Gasteiger partial charge on any atom is 0.472 e. The summed E-state index contributed by atoms with van der Waals surface area (Å²) in [5, 5.41) is 0. The summed E-state index contributed by atoms with van der Waals surface area (Å²) >= 11 is 0. The quantitative estimate of drug-likeness (QED) is 0.0217. The number of carbonyl (C=O) groups excluding carboxylic acids is 1. The summed E-state index contributed by atoms with van der Waals surface area (Å²) < 4.78 is 34.8. The number of phosphoric acid groups is 1. The van der Waals surface area contributed by atoms with E-state index in [0.717, 1.165) is 32.1 Å². The molecular weight excluding hydrogens is 685 g/mol. The van der Waals surface area contributed by atoms with Crippen LogP contribution in [-0.4, -0.2) is 69.0 Å². The molecule has 0 spiro atoms. The second-order valence-corrected chi connectivity index (χ2v) is 18.0. The Morgan fingerprint density at radius 3 is 1.40 bits per heavy atom. The van der Waals surface area contributed by atoms with E-state index in [9.17, 15) is 14.3 Å². The summed E-state index contributed by atoms with van der Waals surface area (Å²) in [6.07, 6.45) is 42.0. The van der Waals surface area contributed by atoms with Crippen molar-refractivity contribution in [3.8, 4) is 0 Å². The van der Waals surface area contributed by atoms with Gasteiger partial charge in [-0.25, -0.2) is 4.57 Å². The van der Waals surface area contributed by atoms with Crippen LogP contribution in [0.1, 0.15) is 213 Å². The molecule has 0 fully saturated rings. The first-order valence-corrected chi connectivity index (χ1v) is 24.0. The van der Waals surface area contributed by atoms with Crippen molar-refractivity contribution in [2.45, 2.75) is 219 Å². The molecule has 0 aromatic carbocycles. The van der Waals surface area contributed by atoms with Gasteiger partial charge in [0, 0.05) is 6.42 Å². The number of likely N-dealkylation sites (N-methyl/N-ethyl adjacent to an activating group) is 1. The molecule has 0 aliphatic carbocycles. The number of unbranched alkanes of at least 4 members (excludes halogenated alkanes) is 28. The summed E-state index contributed by atoms with van der Waals surface area (Å²) in [6.45, 7) is 4.94. The zero-order chi connectivity index (χ0) is 39.1. The van der Waals surface area contributed by atoms with Gasteiger partial charge in [0.05, 0.1) is 34.0 Å². The number of ether oxygens (including phenoxy) is 2. The van der Waals surface area contributed by atoms with Gasteiger partial charge in [-0.1, -0.05) is 187 Å². The van der Waals surface area contributed by atoms with Crippen LogP contribution >= 0.6 is 7.82 Å². The molecule has 0 aromatic heterocycles. The van der Waals surface area contributed by atoms with Crippen molar-refractivity contribution in [3.05, 3.63) is 12.3 Å². The minimum absolute atomic E-state index is 0.0420. The van der Waals surface area contributed by atoms with Gasteiger partial charge in [-0.05, 0) is 25.3 Å². The van der Waals surface area contributed by atoms with Crippen LogP contribution in [0.25, 0.3) is 0 Å². The lowest BCUT2D eigenvalue weighted by Crippen LogP contribution is -2.37. The van der Waals surface area contributed by atoms with E-state index in [-0.39, 0.29) is 25.8 Å². The Kier molecular flexibility index (Phi) is 37.3. The van der Waals surface area contributed by atoms with Gasteiger partial charge in [-0.15, -0.1) is 0 Å². The third kappa shape index (κ3) is 42.1. The van der Waals surface area contributed by atoms with Crippen LogP contribution in [0.3, 0.4) is 0 Å². The van der Waals surface area contributed by atoms with Crippen LogP contribution in [-0.2, 0) is 27.9 Å². The number of phosphoric ester groups is 1. The maximum atomic E-state index is 12.5. The first kappa shape index (κ1) is 52.1. The number of carbonyl (C=O) groups is 1. The summed E-state index contributed by atoms with van der Waals surface area (Å²) in [5.74, 6) is -0.272. The van der Waals surface area contributed by atoms with Gasteiger partial charge in [0.2, 0.25) is 0 Å². The van der Waals surface area contributed by atoms with E-state index in [1.54, 1.807) is 6.26 Å². The molecule has 0 saturated heterocycles. The molecule has 1 N–H and O–H groups in total.